The smallest absolute Gasteiger partial charge is 0.172 e. The van der Waals surface area contributed by atoms with Crippen molar-refractivity contribution in [1.82, 2.24) is 10.3 Å². The molecule has 2 rings (SSSR count). The van der Waals surface area contributed by atoms with Gasteiger partial charge in [0.25, 0.3) is 0 Å². The predicted octanol–water partition coefficient (Wildman–Crippen LogP) is 3.13. The Morgan fingerprint density at radius 3 is 2.50 bits per heavy atom. The van der Waals surface area contributed by atoms with Crippen molar-refractivity contribution in [2.24, 2.45) is 0 Å². The van der Waals surface area contributed by atoms with Crippen LogP contribution in [0.5, 0.6) is 0 Å². The van der Waals surface area contributed by atoms with Crippen molar-refractivity contribution < 1.29 is 0 Å². The Labute approximate surface area is 112 Å². The summed E-state index contributed by atoms with van der Waals surface area (Å²) in [4.78, 5) is 4.16. The Morgan fingerprint density at radius 1 is 1.11 bits per heavy atom. The Kier molecular flexibility index (Phi) is 4.25. The van der Waals surface area contributed by atoms with Crippen LogP contribution in [-0.2, 0) is 0 Å². The number of hydrogen-bond acceptors (Lipinski definition) is 2. The molecule has 0 saturated heterocycles. The van der Waals surface area contributed by atoms with Gasteiger partial charge in [0.1, 0.15) is 5.82 Å². The van der Waals surface area contributed by atoms with E-state index in [0.29, 0.717) is 5.11 Å². The van der Waals surface area contributed by atoms with Gasteiger partial charge in [0.05, 0.1) is 6.04 Å². The first-order valence-corrected chi connectivity index (χ1v) is 6.20. The van der Waals surface area contributed by atoms with Crippen LogP contribution in [0.1, 0.15) is 18.5 Å². The van der Waals surface area contributed by atoms with Crippen LogP contribution in [0, 0.1) is 0 Å². The van der Waals surface area contributed by atoms with Crippen LogP contribution in [0.2, 0.25) is 0 Å². The summed E-state index contributed by atoms with van der Waals surface area (Å²) in [5, 5.41) is 6.85. The molecule has 1 aromatic heterocycles. The highest BCUT2D eigenvalue weighted by Crippen LogP contribution is 2.11. The van der Waals surface area contributed by atoms with Crippen molar-refractivity contribution in [3.63, 3.8) is 0 Å². The van der Waals surface area contributed by atoms with Gasteiger partial charge in [-0.3, -0.25) is 0 Å². The minimum Gasteiger partial charge on any atom is -0.356 e. The summed E-state index contributed by atoms with van der Waals surface area (Å²) in [5.74, 6) is 0.746. The second-order valence-electron chi connectivity index (χ2n) is 3.95. The molecule has 0 bridgehead atoms. The van der Waals surface area contributed by atoms with Gasteiger partial charge < -0.3 is 10.6 Å². The summed E-state index contributed by atoms with van der Waals surface area (Å²) in [5.41, 5.74) is 1.20. The monoisotopic (exact) mass is 257 g/mol. The number of anilines is 1. The molecule has 0 amide bonds. The van der Waals surface area contributed by atoms with Crippen molar-refractivity contribution in [2.45, 2.75) is 13.0 Å². The van der Waals surface area contributed by atoms with E-state index in [1.807, 2.05) is 36.4 Å². The van der Waals surface area contributed by atoms with Crippen molar-refractivity contribution in [2.75, 3.05) is 5.32 Å². The van der Waals surface area contributed by atoms with E-state index in [2.05, 4.69) is 34.7 Å². The molecule has 2 N–H and O–H groups in total. The van der Waals surface area contributed by atoms with Gasteiger partial charge in [-0.15, -0.1) is 0 Å². The fourth-order valence-corrected chi connectivity index (χ4v) is 1.89. The van der Waals surface area contributed by atoms with Gasteiger partial charge in [0, 0.05) is 6.20 Å². The third-order valence-electron chi connectivity index (χ3n) is 2.55. The molecule has 0 fully saturated rings. The number of thiocarbonyl (C=S) groups is 1. The van der Waals surface area contributed by atoms with E-state index in [0.717, 1.165) is 5.82 Å². The van der Waals surface area contributed by atoms with Crippen molar-refractivity contribution in [1.29, 1.82) is 0 Å². The van der Waals surface area contributed by atoms with Gasteiger partial charge in [-0.1, -0.05) is 36.4 Å². The van der Waals surface area contributed by atoms with Crippen LogP contribution >= 0.6 is 12.2 Å². The predicted molar refractivity (Wildman–Crippen MR) is 78.5 cm³/mol. The molecule has 0 aliphatic rings. The van der Waals surface area contributed by atoms with E-state index in [9.17, 15) is 0 Å². The molecule has 2 aromatic rings. The topological polar surface area (TPSA) is 37.0 Å². The number of pyridine rings is 1. The van der Waals surface area contributed by atoms with Crippen LogP contribution < -0.4 is 10.6 Å². The van der Waals surface area contributed by atoms with Gasteiger partial charge >= 0.3 is 0 Å². The maximum Gasteiger partial charge on any atom is 0.172 e. The highest BCUT2D eigenvalue weighted by atomic mass is 32.1. The first-order valence-electron chi connectivity index (χ1n) is 5.79. The average molecular weight is 257 g/mol. The van der Waals surface area contributed by atoms with Crippen LogP contribution in [-0.4, -0.2) is 10.1 Å². The Balaban J connectivity index is 1.92. The lowest BCUT2D eigenvalue weighted by atomic mass is 10.1. The van der Waals surface area contributed by atoms with Crippen molar-refractivity contribution in [3.8, 4) is 0 Å². The Morgan fingerprint density at radius 2 is 1.83 bits per heavy atom. The fourth-order valence-electron chi connectivity index (χ4n) is 1.61. The van der Waals surface area contributed by atoms with Crippen LogP contribution in [0.4, 0.5) is 5.82 Å². The number of nitrogens with one attached hydrogen (secondary N) is 2. The molecule has 1 heterocycles. The maximum absolute atomic E-state index is 5.25. The minimum absolute atomic E-state index is 0.162. The third kappa shape index (κ3) is 3.53. The number of rotatable bonds is 3. The van der Waals surface area contributed by atoms with E-state index in [4.69, 9.17) is 12.2 Å². The van der Waals surface area contributed by atoms with E-state index in [1.165, 1.54) is 5.56 Å². The lowest BCUT2D eigenvalue weighted by Crippen LogP contribution is -2.31. The quantitative estimate of drug-likeness (QED) is 0.828. The molecule has 0 radical (unpaired) electrons. The molecular formula is C14H15N3S. The lowest BCUT2D eigenvalue weighted by Gasteiger charge is -2.16. The summed E-state index contributed by atoms with van der Waals surface area (Å²) in [6.45, 7) is 2.07. The van der Waals surface area contributed by atoms with E-state index in [1.54, 1.807) is 6.20 Å². The minimum atomic E-state index is 0.162. The average Bonchev–Trinajstić information content (AvgIpc) is 2.40. The van der Waals surface area contributed by atoms with Crippen LogP contribution in [0.3, 0.4) is 0 Å². The van der Waals surface area contributed by atoms with Crippen molar-refractivity contribution >= 4 is 23.1 Å². The van der Waals surface area contributed by atoms with Gasteiger partial charge in [-0.05, 0) is 36.8 Å². The molecule has 4 heteroatoms. The zero-order valence-electron chi connectivity index (χ0n) is 10.1. The highest BCUT2D eigenvalue weighted by Gasteiger charge is 2.06. The highest BCUT2D eigenvalue weighted by molar-refractivity contribution is 7.80. The zero-order chi connectivity index (χ0) is 12.8. The number of aromatic nitrogens is 1. The van der Waals surface area contributed by atoms with Crippen LogP contribution in [0.15, 0.2) is 54.7 Å². The number of hydrogen-bond donors (Lipinski definition) is 2. The van der Waals surface area contributed by atoms with Crippen molar-refractivity contribution in [3.05, 3.63) is 60.3 Å². The molecule has 0 spiro atoms. The number of nitrogens with zero attached hydrogens (tertiary/aromatic N) is 1. The molecular weight excluding hydrogens is 242 g/mol. The second-order valence-corrected chi connectivity index (χ2v) is 4.35. The first kappa shape index (κ1) is 12.5. The van der Waals surface area contributed by atoms with Gasteiger partial charge in [-0.2, -0.15) is 0 Å². The molecule has 1 unspecified atom stereocenters. The maximum atomic E-state index is 5.25. The first-order chi connectivity index (χ1) is 8.75. The third-order valence-corrected chi connectivity index (χ3v) is 2.77. The molecule has 0 saturated carbocycles. The Bertz CT molecular complexity index is 499. The van der Waals surface area contributed by atoms with E-state index >= 15 is 0 Å². The summed E-state index contributed by atoms with van der Waals surface area (Å²) in [7, 11) is 0. The Hall–Kier alpha value is -1.94. The molecule has 18 heavy (non-hydrogen) atoms. The van der Waals surface area contributed by atoms with Gasteiger partial charge in [0.2, 0.25) is 0 Å². The molecule has 1 atom stereocenters. The largest absolute Gasteiger partial charge is 0.356 e. The second kappa shape index (κ2) is 6.12. The SMILES string of the molecule is CC(NC(=S)Nc1ccccn1)c1ccccc1. The van der Waals surface area contributed by atoms with Gasteiger partial charge in [0.15, 0.2) is 5.11 Å². The summed E-state index contributed by atoms with van der Waals surface area (Å²) in [6, 6.07) is 16.0. The lowest BCUT2D eigenvalue weighted by molar-refractivity contribution is 0.722. The normalized spacial score (nSPS) is 11.6. The molecule has 92 valence electrons. The fraction of sp³-hybridized carbons (Fsp3) is 0.143. The molecule has 0 aliphatic heterocycles. The van der Waals surface area contributed by atoms with E-state index in [-0.39, 0.29) is 6.04 Å². The van der Waals surface area contributed by atoms with E-state index < -0.39 is 0 Å². The summed E-state index contributed by atoms with van der Waals surface area (Å²) in [6.07, 6.45) is 1.73. The summed E-state index contributed by atoms with van der Waals surface area (Å²) < 4.78 is 0. The molecule has 3 nitrogen and oxygen atoms in total. The standard InChI is InChI=1S/C14H15N3S/c1-11(12-7-3-2-4-8-12)16-14(18)17-13-9-5-6-10-15-13/h2-11H,1H3,(H2,15,16,17,18). The number of benzene rings is 1. The van der Waals surface area contributed by atoms with Gasteiger partial charge in [-0.25, -0.2) is 4.98 Å². The molecule has 0 aliphatic carbocycles. The molecule has 1 aromatic carbocycles. The van der Waals surface area contributed by atoms with Crippen LogP contribution in [0.25, 0.3) is 0 Å². The summed E-state index contributed by atoms with van der Waals surface area (Å²) >= 11 is 5.25. The zero-order valence-corrected chi connectivity index (χ0v) is 10.9.